The summed E-state index contributed by atoms with van der Waals surface area (Å²) in [6.07, 6.45) is 4.21. The van der Waals surface area contributed by atoms with Crippen LogP contribution >= 0.6 is 0 Å². The number of phenols is 1. The minimum atomic E-state index is -1.31. The molecule has 0 radical (unpaired) electrons. The van der Waals surface area contributed by atoms with Crippen molar-refractivity contribution >= 4 is 23.5 Å². The molecule has 2 unspecified atom stereocenters. The number of amides is 2. The average Bonchev–Trinajstić information content (AvgIpc) is 2.89. The Balaban J connectivity index is 1.89. The van der Waals surface area contributed by atoms with Crippen molar-refractivity contribution in [3.63, 3.8) is 0 Å². The highest BCUT2D eigenvalue weighted by Gasteiger charge is 2.44. The molecule has 2 fully saturated rings. The van der Waals surface area contributed by atoms with E-state index in [-0.39, 0.29) is 29.5 Å². The number of imide groups is 1. The van der Waals surface area contributed by atoms with Gasteiger partial charge < -0.3 is 10.2 Å². The van der Waals surface area contributed by atoms with Gasteiger partial charge in [-0.3, -0.25) is 14.5 Å². The fourth-order valence-electron chi connectivity index (χ4n) is 3.85. The molecule has 0 aromatic heterocycles. The molecule has 0 spiro atoms. The molecule has 2 heterocycles. The Hall–Kier alpha value is -2.41. The van der Waals surface area contributed by atoms with Crippen LogP contribution in [0, 0.1) is 0 Å². The molecule has 1 aromatic carbocycles. The fourth-order valence-corrected chi connectivity index (χ4v) is 3.85. The molecule has 2 aliphatic rings. The van der Waals surface area contributed by atoms with Gasteiger partial charge in [-0.2, -0.15) is 0 Å². The van der Waals surface area contributed by atoms with E-state index in [4.69, 9.17) is 5.11 Å². The standard InChI is InChI=1S/C18H22N2O5/c1-2-11-5-3-4-8-19(11)14-10-16(22)20(17(14)23)12-6-7-15(21)13(9-12)18(24)25/h6-7,9,11,14,21H,2-5,8,10H2,1H3,(H,24,25). The zero-order valence-corrected chi connectivity index (χ0v) is 14.1. The summed E-state index contributed by atoms with van der Waals surface area (Å²) in [6, 6.07) is 3.57. The molecule has 2 aliphatic heterocycles. The third kappa shape index (κ3) is 3.11. The molecule has 2 amide bonds. The van der Waals surface area contributed by atoms with Gasteiger partial charge in [-0.15, -0.1) is 0 Å². The van der Waals surface area contributed by atoms with Gasteiger partial charge >= 0.3 is 5.97 Å². The number of benzene rings is 1. The van der Waals surface area contributed by atoms with Crippen LogP contribution in [-0.4, -0.2) is 51.5 Å². The number of likely N-dealkylation sites (tertiary alicyclic amines) is 1. The Morgan fingerprint density at radius 2 is 2.04 bits per heavy atom. The zero-order valence-electron chi connectivity index (χ0n) is 14.1. The number of carbonyl (C=O) groups excluding carboxylic acids is 2. The van der Waals surface area contributed by atoms with Crippen molar-refractivity contribution in [3.05, 3.63) is 23.8 Å². The van der Waals surface area contributed by atoms with Crippen LogP contribution in [0.25, 0.3) is 0 Å². The lowest BCUT2D eigenvalue weighted by molar-refractivity contribution is -0.123. The average molecular weight is 346 g/mol. The van der Waals surface area contributed by atoms with E-state index in [0.29, 0.717) is 6.04 Å². The van der Waals surface area contributed by atoms with Crippen molar-refractivity contribution < 1.29 is 24.6 Å². The SMILES string of the molecule is CCC1CCCCN1C1CC(=O)N(c2ccc(O)c(C(=O)O)c2)C1=O. The van der Waals surface area contributed by atoms with Gasteiger partial charge in [0.25, 0.3) is 5.91 Å². The van der Waals surface area contributed by atoms with Crippen LogP contribution in [-0.2, 0) is 9.59 Å². The van der Waals surface area contributed by atoms with Gasteiger partial charge in [-0.05, 0) is 44.0 Å². The molecular weight excluding hydrogens is 324 g/mol. The molecule has 2 saturated heterocycles. The third-order valence-corrected chi connectivity index (χ3v) is 5.14. The Bertz CT molecular complexity index is 717. The number of aromatic carboxylic acids is 1. The second-order valence-electron chi connectivity index (χ2n) is 6.59. The van der Waals surface area contributed by atoms with Gasteiger partial charge in [0.05, 0.1) is 18.2 Å². The van der Waals surface area contributed by atoms with Crippen molar-refractivity contribution in [1.82, 2.24) is 4.90 Å². The summed E-state index contributed by atoms with van der Waals surface area (Å²) in [4.78, 5) is 39.7. The number of piperidine rings is 1. The molecule has 2 atom stereocenters. The third-order valence-electron chi connectivity index (χ3n) is 5.14. The molecule has 3 rings (SSSR count). The van der Waals surface area contributed by atoms with E-state index in [2.05, 4.69) is 11.8 Å². The molecule has 1 aromatic rings. The van der Waals surface area contributed by atoms with Gasteiger partial charge in [0, 0.05) is 6.04 Å². The van der Waals surface area contributed by atoms with Crippen LogP contribution in [0.4, 0.5) is 5.69 Å². The highest BCUT2D eigenvalue weighted by Crippen LogP contribution is 2.32. The summed E-state index contributed by atoms with van der Waals surface area (Å²) >= 11 is 0. The van der Waals surface area contributed by atoms with Crippen LogP contribution in [0.15, 0.2) is 18.2 Å². The minimum absolute atomic E-state index is 0.110. The molecule has 134 valence electrons. The van der Waals surface area contributed by atoms with Crippen molar-refractivity contribution in [1.29, 1.82) is 0 Å². The van der Waals surface area contributed by atoms with Crippen molar-refractivity contribution in [2.45, 2.75) is 51.1 Å². The van der Waals surface area contributed by atoms with Crippen molar-refractivity contribution in [2.24, 2.45) is 0 Å². The Labute approximate surface area is 145 Å². The summed E-state index contributed by atoms with van der Waals surface area (Å²) in [6.45, 7) is 2.88. The Morgan fingerprint density at radius 3 is 2.72 bits per heavy atom. The predicted molar refractivity (Wildman–Crippen MR) is 90.6 cm³/mol. The van der Waals surface area contributed by atoms with E-state index < -0.39 is 17.8 Å². The number of nitrogens with zero attached hydrogens (tertiary/aromatic N) is 2. The van der Waals surface area contributed by atoms with Gasteiger partial charge in [-0.1, -0.05) is 13.3 Å². The van der Waals surface area contributed by atoms with Gasteiger partial charge in [0.15, 0.2) is 0 Å². The first-order valence-corrected chi connectivity index (χ1v) is 8.63. The molecular formula is C18H22N2O5. The van der Waals surface area contributed by atoms with E-state index in [1.807, 2.05) is 0 Å². The largest absolute Gasteiger partial charge is 0.507 e. The highest BCUT2D eigenvalue weighted by molar-refractivity contribution is 6.22. The number of rotatable bonds is 4. The van der Waals surface area contributed by atoms with E-state index in [1.54, 1.807) is 0 Å². The van der Waals surface area contributed by atoms with E-state index in [9.17, 15) is 19.5 Å². The molecule has 0 aliphatic carbocycles. The van der Waals surface area contributed by atoms with E-state index >= 15 is 0 Å². The first-order valence-electron chi connectivity index (χ1n) is 8.63. The van der Waals surface area contributed by atoms with E-state index in [1.165, 1.54) is 18.2 Å². The predicted octanol–water partition coefficient (Wildman–Crippen LogP) is 1.99. The topological polar surface area (TPSA) is 98.2 Å². The lowest BCUT2D eigenvalue weighted by Gasteiger charge is -2.38. The summed E-state index contributed by atoms with van der Waals surface area (Å²) in [5.41, 5.74) is -0.135. The number of aromatic hydroxyl groups is 1. The smallest absolute Gasteiger partial charge is 0.339 e. The van der Waals surface area contributed by atoms with Crippen LogP contribution in [0.3, 0.4) is 0 Å². The van der Waals surface area contributed by atoms with Gasteiger partial charge in [0.2, 0.25) is 5.91 Å². The molecule has 2 N–H and O–H groups in total. The quantitative estimate of drug-likeness (QED) is 0.809. The number of hydrogen-bond donors (Lipinski definition) is 2. The summed E-state index contributed by atoms with van der Waals surface area (Å²) in [5.74, 6) is -2.35. The normalized spacial score (nSPS) is 24.8. The van der Waals surface area contributed by atoms with Crippen LogP contribution in [0.5, 0.6) is 5.75 Å². The lowest BCUT2D eigenvalue weighted by Crippen LogP contribution is -2.49. The molecule has 0 saturated carbocycles. The van der Waals surface area contributed by atoms with Gasteiger partial charge in [0.1, 0.15) is 11.3 Å². The second kappa shape index (κ2) is 6.84. The number of carboxylic acids is 1. The number of carbonyl (C=O) groups is 3. The highest BCUT2D eigenvalue weighted by atomic mass is 16.4. The first kappa shape index (κ1) is 17.4. The Morgan fingerprint density at radius 1 is 1.28 bits per heavy atom. The summed E-state index contributed by atoms with van der Waals surface area (Å²) < 4.78 is 0. The Kier molecular flexibility index (Phi) is 4.76. The molecule has 7 nitrogen and oxygen atoms in total. The maximum Gasteiger partial charge on any atom is 0.339 e. The summed E-state index contributed by atoms with van der Waals surface area (Å²) in [7, 11) is 0. The van der Waals surface area contributed by atoms with Crippen LogP contribution < -0.4 is 4.90 Å². The second-order valence-corrected chi connectivity index (χ2v) is 6.59. The van der Waals surface area contributed by atoms with Crippen LogP contribution in [0.2, 0.25) is 0 Å². The van der Waals surface area contributed by atoms with Crippen molar-refractivity contribution in [2.75, 3.05) is 11.4 Å². The van der Waals surface area contributed by atoms with E-state index in [0.717, 1.165) is 37.1 Å². The van der Waals surface area contributed by atoms with Gasteiger partial charge in [-0.25, -0.2) is 9.69 Å². The number of anilines is 1. The monoisotopic (exact) mass is 346 g/mol. The van der Waals surface area contributed by atoms with Crippen molar-refractivity contribution in [3.8, 4) is 5.75 Å². The maximum absolute atomic E-state index is 12.9. The first-order chi connectivity index (χ1) is 11.9. The fraction of sp³-hybridized carbons (Fsp3) is 0.500. The minimum Gasteiger partial charge on any atom is -0.507 e. The number of hydrogen-bond acceptors (Lipinski definition) is 5. The maximum atomic E-state index is 12.9. The molecule has 0 bridgehead atoms. The molecule has 7 heteroatoms. The zero-order chi connectivity index (χ0) is 18.1. The molecule has 25 heavy (non-hydrogen) atoms. The van der Waals surface area contributed by atoms with Crippen LogP contribution in [0.1, 0.15) is 49.4 Å². The summed E-state index contributed by atoms with van der Waals surface area (Å²) in [5, 5.41) is 18.8. The lowest BCUT2D eigenvalue weighted by atomic mass is 9.97. The number of carboxylic acid groups (broad SMARTS) is 1.